The standard InChI is InChI=1S/C52H36N2/c1-5-16-37(17-6-1)45-26-13-20-40-21-14-27-46(51(40)45)39-30-32-43(33-31-39)53(41-22-9-3-10-23-41)44-34-35-48-50(36-44)54(42-24-11-4-12-25-42)49-29-15-28-47(52(48)49)38-18-7-2-8-19-38/h1-36H. The predicted octanol–water partition coefficient (Wildman–Crippen LogP) is 14.4. The van der Waals surface area contributed by atoms with Gasteiger partial charge >= 0.3 is 0 Å². The molecule has 54 heavy (non-hydrogen) atoms. The summed E-state index contributed by atoms with van der Waals surface area (Å²) in [4.78, 5) is 2.37. The van der Waals surface area contributed by atoms with E-state index in [2.05, 4.69) is 228 Å². The van der Waals surface area contributed by atoms with Crippen molar-refractivity contribution in [1.29, 1.82) is 0 Å². The van der Waals surface area contributed by atoms with Crippen molar-refractivity contribution in [2.45, 2.75) is 0 Å². The predicted molar refractivity (Wildman–Crippen MR) is 229 cm³/mol. The Balaban J connectivity index is 1.15. The van der Waals surface area contributed by atoms with Gasteiger partial charge in [-0.1, -0.05) is 164 Å². The molecule has 0 saturated heterocycles. The van der Waals surface area contributed by atoms with Gasteiger partial charge in [-0.15, -0.1) is 0 Å². The number of hydrogen-bond acceptors (Lipinski definition) is 1. The number of anilines is 3. The highest BCUT2D eigenvalue weighted by Crippen LogP contribution is 2.43. The van der Waals surface area contributed by atoms with Gasteiger partial charge in [0.1, 0.15) is 0 Å². The van der Waals surface area contributed by atoms with Gasteiger partial charge in [-0.3, -0.25) is 0 Å². The third-order valence-electron chi connectivity index (χ3n) is 10.6. The molecule has 0 unspecified atom stereocenters. The lowest BCUT2D eigenvalue weighted by atomic mass is 9.91. The highest BCUT2D eigenvalue weighted by Gasteiger charge is 2.20. The molecule has 0 saturated carbocycles. The minimum absolute atomic E-state index is 1.10. The molecule has 0 radical (unpaired) electrons. The molecule has 0 atom stereocenters. The molecule has 0 bridgehead atoms. The van der Waals surface area contributed by atoms with Crippen LogP contribution in [0, 0.1) is 0 Å². The van der Waals surface area contributed by atoms with Crippen LogP contribution in [-0.4, -0.2) is 4.57 Å². The Kier molecular flexibility index (Phi) is 7.85. The monoisotopic (exact) mass is 688 g/mol. The number of para-hydroxylation sites is 2. The van der Waals surface area contributed by atoms with Crippen molar-refractivity contribution < 1.29 is 0 Å². The number of fused-ring (bicyclic) bond motifs is 4. The summed E-state index contributed by atoms with van der Waals surface area (Å²) in [6, 6.07) is 78.8. The number of aromatic nitrogens is 1. The Morgan fingerprint density at radius 3 is 1.41 bits per heavy atom. The summed E-state index contributed by atoms with van der Waals surface area (Å²) in [6.07, 6.45) is 0. The summed E-state index contributed by atoms with van der Waals surface area (Å²) in [5.74, 6) is 0. The Morgan fingerprint density at radius 2 is 0.796 bits per heavy atom. The van der Waals surface area contributed by atoms with Crippen molar-refractivity contribution >= 4 is 49.6 Å². The van der Waals surface area contributed by atoms with E-state index in [1.807, 2.05) is 0 Å². The maximum atomic E-state index is 2.41. The lowest BCUT2D eigenvalue weighted by molar-refractivity contribution is 1.18. The van der Waals surface area contributed by atoms with Crippen LogP contribution in [0.5, 0.6) is 0 Å². The molecule has 0 N–H and O–H groups in total. The van der Waals surface area contributed by atoms with E-state index in [1.165, 1.54) is 66.0 Å². The van der Waals surface area contributed by atoms with E-state index in [4.69, 9.17) is 0 Å². The van der Waals surface area contributed by atoms with Crippen LogP contribution in [0.2, 0.25) is 0 Å². The molecule has 0 aliphatic heterocycles. The van der Waals surface area contributed by atoms with Crippen LogP contribution in [0.3, 0.4) is 0 Å². The Hall–Kier alpha value is -7.16. The molecule has 0 spiro atoms. The van der Waals surface area contributed by atoms with E-state index in [0.29, 0.717) is 0 Å². The molecule has 0 fully saturated rings. The zero-order chi connectivity index (χ0) is 35.8. The van der Waals surface area contributed by atoms with Crippen molar-refractivity contribution in [2.75, 3.05) is 4.90 Å². The number of hydrogen-bond donors (Lipinski definition) is 0. The summed E-state index contributed by atoms with van der Waals surface area (Å²) >= 11 is 0. The molecule has 10 aromatic rings. The lowest BCUT2D eigenvalue weighted by Gasteiger charge is -2.26. The van der Waals surface area contributed by atoms with E-state index < -0.39 is 0 Å². The third kappa shape index (κ3) is 5.44. The van der Waals surface area contributed by atoms with Crippen LogP contribution in [0.1, 0.15) is 0 Å². The molecule has 1 heterocycles. The smallest absolute Gasteiger partial charge is 0.0562 e. The summed E-state index contributed by atoms with van der Waals surface area (Å²) in [5, 5.41) is 4.99. The molecule has 2 heteroatoms. The first-order valence-corrected chi connectivity index (χ1v) is 18.5. The quantitative estimate of drug-likeness (QED) is 0.162. The Morgan fingerprint density at radius 1 is 0.315 bits per heavy atom. The maximum Gasteiger partial charge on any atom is 0.0562 e. The van der Waals surface area contributed by atoms with Gasteiger partial charge in [0.15, 0.2) is 0 Å². The highest BCUT2D eigenvalue weighted by molar-refractivity contribution is 6.16. The Bertz CT molecular complexity index is 2890. The van der Waals surface area contributed by atoms with E-state index in [9.17, 15) is 0 Å². The molecule has 1 aromatic heterocycles. The molecule has 254 valence electrons. The molecular formula is C52H36N2. The SMILES string of the molecule is c1ccc(-c2cccc3cccc(-c4ccc(N(c5ccccc5)c5ccc6c7c(-c8ccccc8)cccc7n(-c7ccccc7)c6c5)cc4)c23)cc1. The van der Waals surface area contributed by atoms with Gasteiger partial charge in [0.2, 0.25) is 0 Å². The summed E-state index contributed by atoms with van der Waals surface area (Å²) in [7, 11) is 0. The fraction of sp³-hybridized carbons (Fsp3) is 0. The van der Waals surface area contributed by atoms with Crippen molar-refractivity contribution in [1.82, 2.24) is 4.57 Å². The second-order valence-electron chi connectivity index (χ2n) is 13.7. The zero-order valence-electron chi connectivity index (χ0n) is 29.7. The average molecular weight is 689 g/mol. The van der Waals surface area contributed by atoms with Crippen LogP contribution in [0.25, 0.3) is 71.6 Å². The molecule has 0 aliphatic carbocycles. The molecule has 0 aliphatic rings. The fourth-order valence-corrected chi connectivity index (χ4v) is 8.16. The second kappa shape index (κ2) is 13.4. The molecule has 10 rings (SSSR count). The molecule has 9 aromatic carbocycles. The highest BCUT2D eigenvalue weighted by atomic mass is 15.1. The van der Waals surface area contributed by atoms with E-state index in [-0.39, 0.29) is 0 Å². The molecular weight excluding hydrogens is 653 g/mol. The van der Waals surface area contributed by atoms with Gasteiger partial charge in [-0.25, -0.2) is 0 Å². The zero-order valence-corrected chi connectivity index (χ0v) is 29.7. The van der Waals surface area contributed by atoms with Gasteiger partial charge in [-0.2, -0.15) is 0 Å². The van der Waals surface area contributed by atoms with Gasteiger partial charge in [0, 0.05) is 33.5 Å². The van der Waals surface area contributed by atoms with Gasteiger partial charge in [-0.05, 0) is 98.8 Å². The lowest BCUT2D eigenvalue weighted by Crippen LogP contribution is -2.10. The normalized spacial score (nSPS) is 11.3. The summed E-state index contributed by atoms with van der Waals surface area (Å²) < 4.78 is 2.41. The van der Waals surface area contributed by atoms with E-state index >= 15 is 0 Å². The fourth-order valence-electron chi connectivity index (χ4n) is 8.16. The second-order valence-corrected chi connectivity index (χ2v) is 13.7. The van der Waals surface area contributed by atoms with E-state index in [0.717, 1.165) is 22.7 Å². The first-order chi connectivity index (χ1) is 26.8. The Labute approximate surface area is 315 Å². The number of rotatable bonds is 7. The minimum atomic E-state index is 1.10. The van der Waals surface area contributed by atoms with Gasteiger partial charge < -0.3 is 9.47 Å². The first-order valence-electron chi connectivity index (χ1n) is 18.5. The van der Waals surface area contributed by atoms with Crippen molar-refractivity contribution in [3.05, 3.63) is 218 Å². The largest absolute Gasteiger partial charge is 0.310 e. The first kappa shape index (κ1) is 31.6. The van der Waals surface area contributed by atoms with Gasteiger partial charge in [0.05, 0.1) is 11.0 Å². The van der Waals surface area contributed by atoms with Crippen LogP contribution in [0.4, 0.5) is 17.1 Å². The minimum Gasteiger partial charge on any atom is -0.310 e. The van der Waals surface area contributed by atoms with Crippen LogP contribution >= 0.6 is 0 Å². The van der Waals surface area contributed by atoms with Crippen LogP contribution < -0.4 is 4.90 Å². The van der Waals surface area contributed by atoms with E-state index in [1.54, 1.807) is 0 Å². The maximum absolute atomic E-state index is 2.41. The summed E-state index contributed by atoms with van der Waals surface area (Å²) in [6.45, 7) is 0. The molecule has 2 nitrogen and oxygen atoms in total. The van der Waals surface area contributed by atoms with Crippen molar-refractivity contribution in [2.24, 2.45) is 0 Å². The topological polar surface area (TPSA) is 8.17 Å². The number of nitrogens with zero attached hydrogens (tertiary/aromatic N) is 2. The van der Waals surface area contributed by atoms with Crippen LogP contribution in [0.15, 0.2) is 218 Å². The molecule has 0 amide bonds. The third-order valence-corrected chi connectivity index (χ3v) is 10.6. The van der Waals surface area contributed by atoms with Crippen LogP contribution in [-0.2, 0) is 0 Å². The summed E-state index contributed by atoms with van der Waals surface area (Å²) in [5.41, 5.74) is 14.1. The van der Waals surface area contributed by atoms with Crippen molar-refractivity contribution in [3.63, 3.8) is 0 Å². The number of benzene rings is 9. The van der Waals surface area contributed by atoms with Gasteiger partial charge in [0.25, 0.3) is 0 Å². The van der Waals surface area contributed by atoms with Crippen molar-refractivity contribution in [3.8, 4) is 39.1 Å². The average Bonchev–Trinajstić information content (AvgIpc) is 3.59.